The van der Waals surface area contributed by atoms with Gasteiger partial charge in [0.05, 0.1) is 5.69 Å². The lowest BCUT2D eigenvalue weighted by molar-refractivity contribution is -0.140. The Morgan fingerprint density at radius 2 is 2.06 bits per heavy atom. The highest BCUT2D eigenvalue weighted by molar-refractivity contribution is 7.08. The highest BCUT2D eigenvalue weighted by Gasteiger charge is 2.23. The van der Waals surface area contributed by atoms with Crippen LogP contribution in [0.1, 0.15) is 28.2 Å². The Labute approximate surface area is 106 Å². The van der Waals surface area contributed by atoms with Crippen molar-refractivity contribution in [3.05, 3.63) is 10.6 Å². The second kappa shape index (κ2) is 6.05. The highest BCUT2D eigenvalue weighted by Crippen LogP contribution is 2.09. The van der Waals surface area contributed by atoms with Gasteiger partial charge in [0.1, 0.15) is 10.9 Å². The lowest BCUT2D eigenvalue weighted by atomic mass is 10.1. The third-order valence-electron chi connectivity index (χ3n) is 2.11. The van der Waals surface area contributed by atoms with Crippen molar-refractivity contribution < 1.29 is 24.6 Å². The van der Waals surface area contributed by atoms with Crippen LogP contribution in [0.2, 0.25) is 0 Å². The van der Waals surface area contributed by atoms with Gasteiger partial charge in [-0.3, -0.25) is 9.59 Å². The first-order valence-corrected chi connectivity index (χ1v) is 5.73. The Hall–Kier alpha value is -2.03. The van der Waals surface area contributed by atoms with Gasteiger partial charge >= 0.3 is 11.9 Å². The van der Waals surface area contributed by atoms with Crippen molar-refractivity contribution in [2.24, 2.45) is 0 Å². The van der Waals surface area contributed by atoms with E-state index in [-0.39, 0.29) is 17.7 Å². The largest absolute Gasteiger partial charge is 0.481 e. The summed E-state index contributed by atoms with van der Waals surface area (Å²) in [7, 11) is 0. The van der Waals surface area contributed by atoms with Crippen LogP contribution in [-0.2, 0) is 9.59 Å². The molecule has 1 amide bonds. The summed E-state index contributed by atoms with van der Waals surface area (Å²) >= 11 is 0.853. The second-order valence-corrected chi connectivity index (χ2v) is 4.24. The van der Waals surface area contributed by atoms with Gasteiger partial charge < -0.3 is 15.5 Å². The summed E-state index contributed by atoms with van der Waals surface area (Å²) in [5, 5.41) is 23.2. The van der Waals surface area contributed by atoms with Gasteiger partial charge in [-0.2, -0.15) is 0 Å². The van der Waals surface area contributed by atoms with Crippen LogP contribution < -0.4 is 5.32 Å². The Kier molecular flexibility index (Phi) is 4.72. The van der Waals surface area contributed by atoms with Crippen molar-refractivity contribution >= 4 is 29.4 Å². The van der Waals surface area contributed by atoms with Crippen LogP contribution in [0.3, 0.4) is 0 Å². The minimum Gasteiger partial charge on any atom is -0.481 e. The van der Waals surface area contributed by atoms with Crippen LogP contribution in [0, 0.1) is 6.92 Å². The molecule has 1 atom stereocenters. The number of carboxylic acids is 2. The molecule has 0 bridgehead atoms. The normalized spacial score (nSPS) is 11.8. The number of hydrogen-bond donors (Lipinski definition) is 3. The van der Waals surface area contributed by atoms with Crippen LogP contribution >= 0.6 is 11.5 Å². The molecule has 0 spiro atoms. The summed E-state index contributed by atoms with van der Waals surface area (Å²) in [5.41, 5.74) is 0.403. The van der Waals surface area contributed by atoms with Gasteiger partial charge in [0, 0.05) is 6.42 Å². The number of rotatable bonds is 6. The number of carboxylic acid groups (broad SMARTS) is 2. The molecule has 0 aromatic carbocycles. The summed E-state index contributed by atoms with van der Waals surface area (Å²) in [6, 6.07) is -1.24. The predicted molar refractivity (Wildman–Crippen MR) is 60.4 cm³/mol. The van der Waals surface area contributed by atoms with Gasteiger partial charge in [-0.1, -0.05) is 4.49 Å². The molecule has 9 heteroatoms. The van der Waals surface area contributed by atoms with Crippen LogP contribution in [0.15, 0.2) is 0 Å². The second-order valence-electron chi connectivity index (χ2n) is 3.48. The van der Waals surface area contributed by atoms with Crippen LogP contribution in [0.25, 0.3) is 0 Å². The van der Waals surface area contributed by atoms with E-state index in [1.807, 2.05) is 0 Å². The molecule has 98 valence electrons. The van der Waals surface area contributed by atoms with E-state index < -0.39 is 23.9 Å². The van der Waals surface area contributed by atoms with Gasteiger partial charge in [0.25, 0.3) is 5.91 Å². The Morgan fingerprint density at radius 3 is 2.50 bits per heavy atom. The summed E-state index contributed by atoms with van der Waals surface area (Å²) < 4.78 is 3.56. The SMILES string of the molecule is Cc1nnsc1C(=O)NC(CCC(=O)O)C(=O)O. The molecule has 1 heterocycles. The molecule has 0 aliphatic heterocycles. The molecular weight excluding hydrogens is 262 g/mol. The van der Waals surface area contributed by atoms with Gasteiger partial charge in [0.15, 0.2) is 0 Å². The maximum Gasteiger partial charge on any atom is 0.326 e. The molecule has 1 rings (SSSR count). The Morgan fingerprint density at radius 1 is 1.39 bits per heavy atom. The monoisotopic (exact) mass is 273 g/mol. The molecule has 8 nitrogen and oxygen atoms in total. The van der Waals surface area contributed by atoms with Crippen molar-refractivity contribution in [1.29, 1.82) is 0 Å². The number of hydrogen-bond acceptors (Lipinski definition) is 6. The molecule has 0 radical (unpaired) electrons. The first-order chi connectivity index (χ1) is 8.41. The molecule has 3 N–H and O–H groups in total. The van der Waals surface area contributed by atoms with Gasteiger partial charge in [0.2, 0.25) is 0 Å². The van der Waals surface area contributed by atoms with E-state index in [1.54, 1.807) is 6.92 Å². The van der Waals surface area contributed by atoms with E-state index in [1.165, 1.54) is 0 Å². The summed E-state index contributed by atoms with van der Waals surface area (Å²) in [5.74, 6) is -3.01. The number of aromatic nitrogens is 2. The van der Waals surface area contributed by atoms with E-state index in [2.05, 4.69) is 14.9 Å². The molecule has 0 saturated carbocycles. The molecule has 1 aromatic heterocycles. The fraction of sp³-hybridized carbons (Fsp3) is 0.444. The lowest BCUT2D eigenvalue weighted by Gasteiger charge is -2.12. The Balaban J connectivity index is 2.67. The van der Waals surface area contributed by atoms with Crippen molar-refractivity contribution in [3.63, 3.8) is 0 Å². The van der Waals surface area contributed by atoms with E-state index in [0.29, 0.717) is 5.69 Å². The number of nitrogens with one attached hydrogen (secondary N) is 1. The maximum atomic E-state index is 11.7. The molecule has 0 aliphatic rings. The minimum absolute atomic E-state index is 0.179. The summed E-state index contributed by atoms with van der Waals surface area (Å²) in [6.07, 6.45) is -0.515. The zero-order chi connectivity index (χ0) is 13.7. The zero-order valence-corrected chi connectivity index (χ0v) is 10.2. The number of aryl methyl sites for hydroxylation is 1. The first kappa shape index (κ1) is 14.0. The van der Waals surface area contributed by atoms with Crippen molar-refractivity contribution in [3.8, 4) is 0 Å². The average Bonchev–Trinajstić information content (AvgIpc) is 2.69. The van der Waals surface area contributed by atoms with Crippen molar-refractivity contribution in [2.75, 3.05) is 0 Å². The number of carbonyl (C=O) groups excluding carboxylic acids is 1. The molecule has 0 saturated heterocycles. The first-order valence-electron chi connectivity index (χ1n) is 4.96. The third kappa shape index (κ3) is 3.77. The van der Waals surface area contributed by atoms with Gasteiger partial charge in [-0.25, -0.2) is 4.79 Å². The van der Waals surface area contributed by atoms with Crippen LogP contribution in [-0.4, -0.2) is 43.7 Å². The predicted octanol–water partition coefficient (Wildman–Crippen LogP) is -0.106. The van der Waals surface area contributed by atoms with E-state index >= 15 is 0 Å². The topological polar surface area (TPSA) is 129 Å². The number of nitrogens with zero attached hydrogens (tertiary/aromatic N) is 2. The molecule has 1 unspecified atom stereocenters. The maximum absolute atomic E-state index is 11.7. The summed E-state index contributed by atoms with van der Waals surface area (Å²) in [6.45, 7) is 1.57. The molecule has 1 aromatic rings. The van der Waals surface area contributed by atoms with E-state index in [0.717, 1.165) is 11.5 Å². The molecule has 0 aliphatic carbocycles. The number of carbonyl (C=O) groups is 3. The van der Waals surface area contributed by atoms with E-state index in [9.17, 15) is 14.4 Å². The Bertz CT molecular complexity index is 473. The van der Waals surface area contributed by atoms with Crippen molar-refractivity contribution in [2.45, 2.75) is 25.8 Å². The number of aliphatic carboxylic acids is 2. The smallest absolute Gasteiger partial charge is 0.326 e. The number of amides is 1. The minimum atomic E-state index is -1.28. The average molecular weight is 273 g/mol. The molecular formula is C9H11N3O5S. The van der Waals surface area contributed by atoms with Gasteiger partial charge in [-0.05, 0) is 24.9 Å². The quantitative estimate of drug-likeness (QED) is 0.659. The van der Waals surface area contributed by atoms with E-state index in [4.69, 9.17) is 10.2 Å². The molecule has 18 heavy (non-hydrogen) atoms. The molecule has 0 fully saturated rings. The van der Waals surface area contributed by atoms with Crippen LogP contribution in [0.4, 0.5) is 0 Å². The van der Waals surface area contributed by atoms with Crippen molar-refractivity contribution in [1.82, 2.24) is 14.9 Å². The fourth-order valence-corrected chi connectivity index (χ4v) is 1.75. The van der Waals surface area contributed by atoms with Gasteiger partial charge in [-0.15, -0.1) is 5.10 Å². The lowest BCUT2D eigenvalue weighted by Crippen LogP contribution is -2.41. The third-order valence-corrected chi connectivity index (χ3v) is 2.93. The highest BCUT2D eigenvalue weighted by atomic mass is 32.1. The zero-order valence-electron chi connectivity index (χ0n) is 9.41. The fourth-order valence-electron chi connectivity index (χ4n) is 1.19. The summed E-state index contributed by atoms with van der Waals surface area (Å²) in [4.78, 5) is 33.2. The standard InChI is InChI=1S/C9H11N3O5S/c1-4-7(18-12-11-4)8(15)10-5(9(16)17)2-3-6(13)14/h5H,2-3H2,1H3,(H,10,15)(H,13,14)(H,16,17). The van der Waals surface area contributed by atoms with Crippen LogP contribution in [0.5, 0.6) is 0 Å².